The number of hydrogen-bond donors (Lipinski definition) is 0. The molecule has 138 valence electrons. The normalized spacial score (nSPS) is 29.8. The molecule has 0 radical (unpaired) electrons. The zero-order valence-corrected chi connectivity index (χ0v) is 15.1. The maximum absolute atomic E-state index is 13.1. The van der Waals surface area contributed by atoms with Gasteiger partial charge in [0.25, 0.3) is 5.91 Å². The van der Waals surface area contributed by atoms with Crippen LogP contribution in [0.4, 0.5) is 0 Å². The molecule has 2 atom stereocenters. The van der Waals surface area contributed by atoms with Crippen molar-refractivity contribution in [1.29, 1.82) is 0 Å². The molecule has 0 bridgehead atoms. The first-order chi connectivity index (χ1) is 12.7. The first-order valence-electron chi connectivity index (χ1n) is 9.84. The first-order valence-corrected chi connectivity index (χ1v) is 9.84. The van der Waals surface area contributed by atoms with E-state index in [0.717, 1.165) is 37.9 Å². The lowest BCUT2D eigenvalue weighted by atomic mass is 9.89. The number of rotatable bonds is 2. The van der Waals surface area contributed by atoms with E-state index >= 15 is 0 Å². The molecule has 6 nitrogen and oxygen atoms in total. The van der Waals surface area contributed by atoms with Crippen molar-refractivity contribution in [3.05, 3.63) is 36.2 Å². The zero-order chi connectivity index (χ0) is 17.6. The molecule has 3 aliphatic heterocycles. The Hall–Kier alpha value is -1.92. The molecule has 6 heteroatoms. The maximum atomic E-state index is 13.1. The summed E-state index contributed by atoms with van der Waals surface area (Å²) >= 11 is 0. The predicted molar refractivity (Wildman–Crippen MR) is 98.2 cm³/mol. The van der Waals surface area contributed by atoms with Crippen LogP contribution in [0.5, 0.6) is 0 Å². The molecule has 2 aromatic rings. The Morgan fingerprint density at radius 1 is 1.23 bits per heavy atom. The molecular formula is C20H26N4O2. The fourth-order valence-corrected chi connectivity index (χ4v) is 4.99. The van der Waals surface area contributed by atoms with E-state index in [1.165, 1.54) is 25.9 Å². The Labute approximate surface area is 153 Å². The van der Waals surface area contributed by atoms with E-state index in [4.69, 9.17) is 4.74 Å². The molecule has 3 fully saturated rings. The number of carbonyl (C=O) groups is 1. The molecule has 0 unspecified atom stereocenters. The van der Waals surface area contributed by atoms with Gasteiger partial charge in [0.15, 0.2) is 0 Å². The van der Waals surface area contributed by atoms with Crippen LogP contribution in [-0.2, 0) is 4.74 Å². The number of amides is 1. The zero-order valence-electron chi connectivity index (χ0n) is 15.1. The van der Waals surface area contributed by atoms with E-state index in [1.54, 1.807) is 10.7 Å². The van der Waals surface area contributed by atoms with Crippen LogP contribution >= 0.6 is 0 Å². The minimum atomic E-state index is -0.149. The quantitative estimate of drug-likeness (QED) is 0.830. The molecule has 5 heterocycles. The van der Waals surface area contributed by atoms with Crippen molar-refractivity contribution in [2.45, 2.75) is 43.7 Å². The first kappa shape index (κ1) is 16.3. The van der Waals surface area contributed by atoms with Gasteiger partial charge in [0, 0.05) is 25.4 Å². The van der Waals surface area contributed by atoms with Gasteiger partial charge in [-0.2, -0.15) is 5.10 Å². The largest absolute Gasteiger partial charge is 0.373 e. The summed E-state index contributed by atoms with van der Waals surface area (Å²) in [5, 5.41) is 4.31. The van der Waals surface area contributed by atoms with Crippen molar-refractivity contribution in [1.82, 2.24) is 19.4 Å². The van der Waals surface area contributed by atoms with Crippen LogP contribution in [0, 0.1) is 0 Å². The van der Waals surface area contributed by atoms with Crippen LogP contribution < -0.4 is 0 Å². The fraction of sp³-hybridized carbons (Fsp3) is 0.600. The van der Waals surface area contributed by atoms with Gasteiger partial charge >= 0.3 is 0 Å². The molecule has 3 aliphatic rings. The summed E-state index contributed by atoms with van der Waals surface area (Å²) < 4.78 is 8.02. The van der Waals surface area contributed by atoms with Gasteiger partial charge in [0.1, 0.15) is 0 Å². The summed E-state index contributed by atoms with van der Waals surface area (Å²) in [6.45, 7) is 4.76. The molecule has 3 saturated heterocycles. The third-order valence-electron chi connectivity index (χ3n) is 6.38. The molecule has 0 saturated carbocycles. The lowest BCUT2D eigenvalue weighted by Gasteiger charge is -2.41. The van der Waals surface area contributed by atoms with Crippen LogP contribution in [0.25, 0.3) is 5.52 Å². The lowest BCUT2D eigenvalue weighted by molar-refractivity contribution is -0.0946. The van der Waals surface area contributed by atoms with E-state index in [9.17, 15) is 4.79 Å². The van der Waals surface area contributed by atoms with Crippen molar-refractivity contribution in [2.24, 2.45) is 0 Å². The van der Waals surface area contributed by atoms with Crippen LogP contribution in [0.15, 0.2) is 30.6 Å². The van der Waals surface area contributed by atoms with Crippen molar-refractivity contribution >= 4 is 11.4 Å². The Morgan fingerprint density at radius 3 is 3.00 bits per heavy atom. The van der Waals surface area contributed by atoms with Crippen LogP contribution in [0.1, 0.15) is 42.5 Å². The number of carbonyl (C=O) groups excluding carboxylic acids is 1. The SMILES string of the molecule is O=C(c1cnn2ccccc12)N1CC[C@@]2(C[C@H](N3CCCC3)CCO2)C1. The van der Waals surface area contributed by atoms with Crippen molar-refractivity contribution in [3.8, 4) is 0 Å². The number of fused-ring (bicyclic) bond motifs is 1. The molecule has 5 rings (SSSR count). The van der Waals surface area contributed by atoms with Gasteiger partial charge in [-0.1, -0.05) is 6.07 Å². The second-order valence-electron chi connectivity index (χ2n) is 7.99. The molecule has 0 aromatic carbocycles. The van der Waals surface area contributed by atoms with Gasteiger partial charge in [0.2, 0.25) is 0 Å². The van der Waals surface area contributed by atoms with Gasteiger partial charge in [-0.15, -0.1) is 0 Å². The number of pyridine rings is 1. The number of ether oxygens (including phenoxy) is 1. The van der Waals surface area contributed by atoms with Crippen LogP contribution in [-0.4, -0.2) is 69.7 Å². The maximum Gasteiger partial charge on any atom is 0.257 e. The second kappa shape index (κ2) is 6.35. The number of hydrogen-bond acceptors (Lipinski definition) is 4. The molecule has 0 N–H and O–H groups in total. The molecule has 2 aromatic heterocycles. The lowest BCUT2D eigenvalue weighted by Crippen LogP contribution is -2.49. The molecule has 1 amide bonds. The van der Waals surface area contributed by atoms with E-state index in [-0.39, 0.29) is 11.5 Å². The standard InChI is InChI=1S/C20H26N4O2/c25-19(17-14-21-24-10-2-1-5-18(17)24)23-11-7-20(15-23)13-16(6-12-26-20)22-8-3-4-9-22/h1-2,5,10,14,16H,3-4,6-9,11-13,15H2/t16-,20-/m1/s1. The smallest absolute Gasteiger partial charge is 0.257 e. The monoisotopic (exact) mass is 354 g/mol. The summed E-state index contributed by atoms with van der Waals surface area (Å²) in [6, 6.07) is 6.45. The molecular weight excluding hydrogens is 328 g/mol. The highest BCUT2D eigenvalue weighted by atomic mass is 16.5. The topological polar surface area (TPSA) is 50.1 Å². The van der Waals surface area contributed by atoms with Crippen molar-refractivity contribution in [3.63, 3.8) is 0 Å². The highest BCUT2D eigenvalue weighted by Crippen LogP contribution is 2.37. The number of likely N-dealkylation sites (tertiary alicyclic amines) is 2. The third-order valence-corrected chi connectivity index (χ3v) is 6.38. The Morgan fingerprint density at radius 2 is 2.12 bits per heavy atom. The Balaban J connectivity index is 1.32. The summed E-state index contributed by atoms with van der Waals surface area (Å²) in [7, 11) is 0. The predicted octanol–water partition coefficient (Wildman–Crippen LogP) is 2.19. The van der Waals surface area contributed by atoms with Gasteiger partial charge < -0.3 is 14.5 Å². The van der Waals surface area contributed by atoms with E-state index < -0.39 is 0 Å². The minimum Gasteiger partial charge on any atom is -0.373 e. The van der Waals surface area contributed by atoms with Gasteiger partial charge in [-0.25, -0.2) is 4.52 Å². The average molecular weight is 354 g/mol. The van der Waals surface area contributed by atoms with Gasteiger partial charge in [-0.3, -0.25) is 4.79 Å². The second-order valence-corrected chi connectivity index (χ2v) is 7.99. The average Bonchev–Trinajstić information content (AvgIpc) is 3.41. The third kappa shape index (κ3) is 2.72. The number of nitrogens with zero attached hydrogens (tertiary/aromatic N) is 4. The molecule has 1 spiro atoms. The highest BCUT2D eigenvalue weighted by Gasteiger charge is 2.46. The summed E-state index contributed by atoms with van der Waals surface area (Å²) in [5.41, 5.74) is 1.41. The van der Waals surface area contributed by atoms with Crippen molar-refractivity contribution in [2.75, 3.05) is 32.8 Å². The summed E-state index contributed by atoms with van der Waals surface area (Å²) in [4.78, 5) is 17.7. The van der Waals surface area contributed by atoms with Gasteiger partial charge in [-0.05, 0) is 57.3 Å². The molecule has 0 aliphatic carbocycles. The minimum absolute atomic E-state index is 0.0787. The Kier molecular flexibility index (Phi) is 3.98. The van der Waals surface area contributed by atoms with Crippen LogP contribution in [0.2, 0.25) is 0 Å². The fourth-order valence-electron chi connectivity index (χ4n) is 4.99. The summed E-state index contributed by atoms with van der Waals surface area (Å²) in [5.74, 6) is 0.0787. The van der Waals surface area contributed by atoms with Crippen molar-refractivity contribution < 1.29 is 9.53 Å². The van der Waals surface area contributed by atoms with Crippen LogP contribution in [0.3, 0.4) is 0 Å². The summed E-state index contributed by atoms with van der Waals surface area (Å²) in [6.07, 6.45) is 9.35. The van der Waals surface area contributed by atoms with E-state index in [0.29, 0.717) is 18.2 Å². The highest BCUT2D eigenvalue weighted by molar-refractivity contribution is 6.00. The van der Waals surface area contributed by atoms with Gasteiger partial charge in [0.05, 0.1) is 29.4 Å². The molecule has 26 heavy (non-hydrogen) atoms. The van der Waals surface area contributed by atoms with E-state index in [1.807, 2.05) is 29.3 Å². The Bertz CT molecular complexity index is 813. The number of aromatic nitrogens is 2. The van der Waals surface area contributed by atoms with E-state index in [2.05, 4.69) is 10.00 Å².